The van der Waals surface area contributed by atoms with E-state index in [4.69, 9.17) is 0 Å². The molecular weight excluding hydrogens is 340 g/mol. The van der Waals surface area contributed by atoms with E-state index in [0.717, 1.165) is 18.8 Å². The zero-order chi connectivity index (χ0) is 18.3. The Morgan fingerprint density at radius 3 is 2.62 bits per heavy atom. The standard InChI is InChI=1S/C18H19F2N5O/c1-23-10-16(26)25(15-4-2-3-13(19)7-15)12-18(23)5-6-24(11-18)17-21-8-14(20)9-22-17/h2-4,7-9H,5-6,10-12H2,1H3. The van der Waals surface area contributed by atoms with Gasteiger partial charge in [-0.25, -0.2) is 18.7 Å². The highest BCUT2D eigenvalue weighted by molar-refractivity contribution is 5.96. The summed E-state index contributed by atoms with van der Waals surface area (Å²) < 4.78 is 26.7. The fraction of sp³-hybridized carbons (Fsp3) is 0.389. The second kappa shape index (κ2) is 6.28. The Hall–Kier alpha value is -2.61. The molecule has 2 fully saturated rings. The SMILES string of the molecule is CN1CC(=O)N(c2cccc(F)c2)CC12CCN(c1ncc(F)cn1)C2. The van der Waals surface area contributed by atoms with Crippen molar-refractivity contribution in [2.24, 2.45) is 0 Å². The van der Waals surface area contributed by atoms with Crippen molar-refractivity contribution in [1.82, 2.24) is 14.9 Å². The molecule has 2 aliphatic heterocycles. The lowest BCUT2D eigenvalue weighted by atomic mass is 9.92. The highest BCUT2D eigenvalue weighted by Crippen LogP contribution is 2.34. The van der Waals surface area contributed by atoms with Crippen LogP contribution in [0.15, 0.2) is 36.7 Å². The summed E-state index contributed by atoms with van der Waals surface area (Å²) in [5, 5.41) is 0. The van der Waals surface area contributed by atoms with Crippen LogP contribution in [0, 0.1) is 11.6 Å². The number of nitrogens with zero attached hydrogens (tertiary/aromatic N) is 5. The van der Waals surface area contributed by atoms with Gasteiger partial charge in [0.05, 0.1) is 24.5 Å². The summed E-state index contributed by atoms with van der Waals surface area (Å²) in [6, 6.07) is 6.10. The number of likely N-dealkylation sites (N-methyl/N-ethyl adjacent to an activating group) is 1. The molecule has 8 heteroatoms. The topological polar surface area (TPSA) is 52.6 Å². The van der Waals surface area contributed by atoms with Crippen molar-refractivity contribution in [3.63, 3.8) is 0 Å². The summed E-state index contributed by atoms with van der Waals surface area (Å²) in [6.45, 7) is 2.05. The summed E-state index contributed by atoms with van der Waals surface area (Å²) in [4.78, 5) is 26.3. The molecule has 3 heterocycles. The number of hydrogen-bond donors (Lipinski definition) is 0. The number of aromatic nitrogens is 2. The number of amides is 1. The molecule has 1 atom stereocenters. The van der Waals surface area contributed by atoms with E-state index in [1.165, 1.54) is 12.1 Å². The Morgan fingerprint density at radius 1 is 1.12 bits per heavy atom. The summed E-state index contributed by atoms with van der Waals surface area (Å²) in [7, 11) is 1.93. The molecule has 2 aliphatic rings. The Labute approximate surface area is 150 Å². The summed E-state index contributed by atoms with van der Waals surface area (Å²) >= 11 is 0. The van der Waals surface area contributed by atoms with Gasteiger partial charge in [0.25, 0.3) is 0 Å². The quantitative estimate of drug-likeness (QED) is 0.817. The minimum Gasteiger partial charge on any atom is -0.339 e. The highest BCUT2D eigenvalue weighted by Gasteiger charge is 2.48. The second-order valence-electron chi connectivity index (χ2n) is 6.91. The third kappa shape index (κ3) is 2.90. The maximum Gasteiger partial charge on any atom is 0.241 e. The average molecular weight is 359 g/mol. The molecule has 0 N–H and O–H groups in total. The fourth-order valence-electron chi connectivity index (χ4n) is 3.78. The van der Waals surface area contributed by atoms with E-state index in [1.807, 2.05) is 11.9 Å². The predicted octanol–water partition coefficient (Wildman–Crippen LogP) is 1.68. The zero-order valence-electron chi connectivity index (χ0n) is 14.4. The van der Waals surface area contributed by atoms with Crippen molar-refractivity contribution in [2.45, 2.75) is 12.0 Å². The van der Waals surface area contributed by atoms with Gasteiger partial charge in [0, 0.05) is 25.3 Å². The van der Waals surface area contributed by atoms with Gasteiger partial charge in [0.15, 0.2) is 5.82 Å². The molecule has 0 aliphatic carbocycles. The second-order valence-corrected chi connectivity index (χ2v) is 6.91. The minimum absolute atomic E-state index is 0.0554. The highest BCUT2D eigenvalue weighted by atomic mass is 19.1. The van der Waals surface area contributed by atoms with E-state index in [2.05, 4.69) is 14.9 Å². The van der Waals surface area contributed by atoms with E-state index < -0.39 is 5.82 Å². The first-order valence-electron chi connectivity index (χ1n) is 8.47. The Balaban J connectivity index is 1.59. The lowest BCUT2D eigenvalue weighted by molar-refractivity contribution is -0.123. The molecule has 1 aromatic carbocycles. The maximum atomic E-state index is 13.6. The van der Waals surface area contributed by atoms with Gasteiger partial charge in [-0.3, -0.25) is 9.69 Å². The van der Waals surface area contributed by atoms with E-state index in [9.17, 15) is 13.6 Å². The van der Waals surface area contributed by atoms with Crippen LogP contribution in [0.25, 0.3) is 0 Å². The van der Waals surface area contributed by atoms with Crippen LogP contribution in [-0.2, 0) is 4.79 Å². The van der Waals surface area contributed by atoms with Crippen LogP contribution in [0.3, 0.4) is 0 Å². The number of carbonyl (C=O) groups is 1. The van der Waals surface area contributed by atoms with Gasteiger partial charge in [-0.15, -0.1) is 0 Å². The van der Waals surface area contributed by atoms with Gasteiger partial charge in [-0.05, 0) is 31.7 Å². The van der Waals surface area contributed by atoms with Gasteiger partial charge >= 0.3 is 0 Å². The third-order valence-corrected chi connectivity index (χ3v) is 5.28. The normalized spacial score (nSPS) is 23.9. The summed E-state index contributed by atoms with van der Waals surface area (Å²) in [5.74, 6) is -0.414. The molecule has 6 nitrogen and oxygen atoms in total. The van der Waals surface area contributed by atoms with Crippen LogP contribution in [0.4, 0.5) is 20.4 Å². The van der Waals surface area contributed by atoms with Crippen LogP contribution in [0.1, 0.15) is 6.42 Å². The van der Waals surface area contributed by atoms with Crippen molar-refractivity contribution >= 4 is 17.5 Å². The van der Waals surface area contributed by atoms with Gasteiger partial charge in [-0.2, -0.15) is 0 Å². The molecule has 1 unspecified atom stereocenters. The Kier molecular flexibility index (Phi) is 4.07. The molecule has 0 saturated carbocycles. The molecule has 2 saturated heterocycles. The number of carbonyl (C=O) groups excluding carboxylic acids is 1. The van der Waals surface area contributed by atoms with Gasteiger partial charge < -0.3 is 9.80 Å². The molecule has 1 aromatic heterocycles. The number of anilines is 2. The molecule has 26 heavy (non-hydrogen) atoms. The van der Waals surface area contributed by atoms with Crippen LogP contribution >= 0.6 is 0 Å². The molecule has 0 bridgehead atoms. The van der Waals surface area contributed by atoms with Crippen molar-refractivity contribution in [1.29, 1.82) is 0 Å². The first-order chi connectivity index (χ1) is 12.5. The first kappa shape index (κ1) is 16.8. The number of piperazine rings is 1. The van der Waals surface area contributed by atoms with Crippen molar-refractivity contribution in [3.05, 3.63) is 48.3 Å². The van der Waals surface area contributed by atoms with Crippen LogP contribution < -0.4 is 9.80 Å². The number of hydrogen-bond acceptors (Lipinski definition) is 5. The number of rotatable bonds is 2. The molecule has 4 rings (SSSR count). The number of halogens is 2. The average Bonchev–Trinajstić information content (AvgIpc) is 3.04. The summed E-state index contributed by atoms with van der Waals surface area (Å²) in [6.07, 6.45) is 3.12. The molecule has 2 aromatic rings. The van der Waals surface area contributed by atoms with E-state index >= 15 is 0 Å². The maximum absolute atomic E-state index is 13.6. The third-order valence-electron chi connectivity index (χ3n) is 5.28. The molecule has 0 radical (unpaired) electrons. The van der Waals surface area contributed by atoms with Crippen LogP contribution in [0.2, 0.25) is 0 Å². The number of benzene rings is 1. The van der Waals surface area contributed by atoms with E-state index in [-0.39, 0.29) is 23.8 Å². The largest absolute Gasteiger partial charge is 0.339 e. The lowest BCUT2D eigenvalue weighted by Gasteiger charge is -2.46. The van der Waals surface area contributed by atoms with Crippen LogP contribution in [-0.4, -0.2) is 59.5 Å². The molecule has 1 amide bonds. The first-order valence-corrected chi connectivity index (χ1v) is 8.47. The predicted molar refractivity (Wildman–Crippen MR) is 92.9 cm³/mol. The van der Waals surface area contributed by atoms with E-state index in [1.54, 1.807) is 17.0 Å². The monoisotopic (exact) mass is 359 g/mol. The van der Waals surface area contributed by atoms with Gasteiger partial charge in [0.2, 0.25) is 11.9 Å². The molecule has 136 valence electrons. The fourth-order valence-corrected chi connectivity index (χ4v) is 3.78. The van der Waals surface area contributed by atoms with Crippen molar-refractivity contribution in [3.8, 4) is 0 Å². The Bertz CT molecular complexity index is 831. The zero-order valence-corrected chi connectivity index (χ0v) is 14.4. The summed E-state index contributed by atoms with van der Waals surface area (Å²) in [5.41, 5.74) is 0.289. The molecule has 1 spiro atoms. The van der Waals surface area contributed by atoms with Crippen molar-refractivity contribution in [2.75, 3.05) is 43.0 Å². The lowest BCUT2D eigenvalue weighted by Crippen LogP contribution is -2.64. The van der Waals surface area contributed by atoms with Crippen LogP contribution in [0.5, 0.6) is 0 Å². The minimum atomic E-state index is -0.472. The van der Waals surface area contributed by atoms with E-state index in [0.29, 0.717) is 31.3 Å². The Morgan fingerprint density at radius 2 is 1.88 bits per heavy atom. The van der Waals surface area contributed by atoms with Crippen molar-refractivity contribution < 1.29 is 13.6 Å². The van der Waals surface area contributed by atoms with Gasteiger partial charge in [0.1, 0.15) is 5.82 Å². The molecular formula is C18H19F2N5O. The van der Waals surface area contributed by atoms with Gasteiger partial charge in [-0.1, -0.05) is 6.07 Å². The smallest absolute Gasteiger partial charge is 0.241 e.